The summed E-state index contributed by atoms with van der Waals surface area (Å²) in [6.07, 6.45) is 3.15. The summed E-state index contributed by atoms with van der Waals surface area (Å²) in [4.78, 5) is 22.6. The van der Waals surface area contributed by atoms with E-state index in [1.165, 1.54) is 0 Å². The van der Waals surface area contributed by atoms with E-state index in [4.69, 9.17) is 4.74 Å². The minimum absolute atomic E-state index is 0.0135. The van der Waals surface area contributed by atoms with Crippen molar-refractivity contribution in [1.29, 1.82) is 0 Å². The Balaban J connectivity index is 3.54. The molecular formula is C13H26N2O3. The number of esters is 1. The fraction of sp³-hybridized carbons (Fsp3) is 0.846. The molecule has 0 aliphatic heterocycles. The first kappa shape index (κ1) is 16.9. The molecule has 0 aromatic heterocycles. The summed E-state index contributed by atoms with van der Waals surface area (Å²) in [6.45, 7) is 7.49. The number of unbranched alkanes of at least 4 members (excludes halogenated alkanes) is 1. The molecular weight excluding hydrogens is 232 g/mol. The second-order valence-corrected chi connectivity index (χ2v) is 4.23. The van der Waals surface area contributed by atoms with Crippen LogP contribution in [0.25, 0.3) is 0 Å². The van der Waals surface area contributed by atoms with Gasteiger partial charge in [0.05, 0.1) is 12.6 Å². The molecule has 0 heterocycles. The van der Waals surface area contributed by atoms with Crippen molar-refractivity contribution >= 4 is 11.9 Å². The van der Waals surface area contributed by atoms with Crippen LogP contribution in [-0.2, 0) is 14.3 Å². The van der Waals surface area contributed by atoms with Gasteiger partial charge in [0.2, 0.25) is 5.91 Å². The van der Waals surface area contributed by atoms with E-state index >= 15 is 0 Å². The highest BCUT2D eigenvalue weighted by Crippen LogP contribution is 1.93. The van der Waals surface area contributed by atoms with E-state index in [0.717, 1.165) is 19.4 Å². The Morgan fingerprint density at radius 1 is 1.17 bits per heavy atom. The van der Waals surface area contributed by atoms with Gasteiger partial charge in [-0.25, -0.2) is 0 Å². The highest BCUT2D eigenvalue weighted by atomic mass is 16.5. The highest BCUT2D eigenvalue weighted by Gasteiger charge is 2.11. The summed E-state index contributed by atoms with van der Waals surface area (Å²) < 4.78 is 4.82. The molecule has 1 unspecified atom stereocenters. The van der Waals surface area contributed by atoms with E-state index in [9.17, 15) is 9.59 Å². The second-order valence-electron chi connectivity index (χ2n) is 4.23. The van der Waals surface area contributed by atoms with Gasteiger partial charge >= 0.3 is 5.97 Å². The van der Waals surface area contributed by atoms with Crippen LogP contribution in [-0.4, -0.2) is 37.6 Å². The molecule has 106 valence electrons. The minimum atomic E-state index is -0.218. The van der Waals surface area contributed by atoms with Gasteiger partial charge < -0.3 is 15.4 Å². The number of nitrogens with one attached hydrogen (secondary N) is 2. The average molecular weight is 258 g/mol. The molecule has 0 fully saturated rings. The molecule has 0 aliphatic rings. The van der Waals surface area contributed by atoms with Crippen molar-refractivity contribution in [2.75, 3.05) is 19.7 Å². The van der Waals surface area contributed by atoms with Crippen LogP contribution in [0.4, 0.5) is 0 Å². The summed E-state index contributed by atoms with van der Waals surface area (Å²) >= 11 is 0. The Labute approximate surface area is 110 Å². The molecule has 0 radical (unpaired) electrons. The lowest BCUT2D eigenvalue weighted by molar-refractivity contribution is -0.143. The number of hydrogen-bond acceptors (Lipinski definition) is 4. The second kappa shape index (κ2) is 11.0. The maximum atomic E-state index is 11.6. The van der Waals surface area contributed by atoms with Crippen molar-refractivity contribution in [2.45, 2.75) is 52.5 Å². The minimum Gasteiger partial charge on any atom is -0.466 e. The molecule has 0 spiro atoms. The zero-order chi connectivity index (χ0) is 13.8. The topological polar surface area (TPSA) is 67.4 Å². The zero-order valence-electron chi connectivity index (χ0n) is 11.8. The SMILES string of the molecule is CCCCNC(=O)C(C)NCCCC(=O)OCC. The first-order valence-corrected chi connectivity index (χ1v) is 6.78. The summed E-state index contributed by atoms with van der Waals surface area (Å²) in [5.41, 5.74) is 0. The summed E-state index contributed by atoms with van der Waals surface area (Å²) in [5.74, 6) is -0.168. The molecule has 0 aliphatic carbocycles. The van der Waals surface area contributed by atoms with Gasteiger partial charge in [-0.3, -0.25) is 9.59 Å². The van der Waals surface area contributed by atoms with Crippen LogP contribution in [0.1, 0.15) is 46.5 Å². The van der Waals surface area contributed by atoms with E-state index < -0.39 is 0 Å². The van der Waals surface area contributed by atoms with Crippen molar-refractivity contribution in [3.05, 3.63) is 0 Å². The fourth-order valence-electron chi connectivity index (χ4n) is 1.42. The molecule has 0 saturated heterocycles. The Kier molecular flexibility index (Phi) is 10.3. The summed E-state index contributed by atoms with van der Waals surface area (Å²) in [5, 5.41) is 5.95. The average Bonchev–Trinajstić information content (AvgIpc) is 2.35. The van der Waals surface area contributed by atoms with Crippen molar-refractivity contribution in [2.24, 2.45) is 0 Å². The lowest BCUT2D eigenvalue weighted by Gasteiger charge is -2.13. The highest BCUT2D eigenvalue weighted by molar-refractivity contribution is 5.81. The Hall–Kier alpha value is -1.10. The molecule has 1 atom stereocenters. The molecule has 0 rings (SSSR count). The van der Waals surface area contributed by atoms with Gasteiger partial charge in [0, 0.05) is 13.0 Å². The Bertz CT molecular complexity index is 244. The van der Waals surface area contributed by atoms with Gasteiger partial charge in [-0.2, -0.15) is 0 Å². The van der Waals surface area contributed by atoms with Crippen molar-refractivity contribution in [3.8, 4) is 0 Å². The molecule has 18 heavy (non-hydrogen) atoms. The van der Waals surface area contributed by atoms with Crippen molar-refractivity contribution in [3.63, 3.8) is 0 Å². The van der Waals surface area contributed by atoms with E-state index in [0.29, 0.717) is 26.0 Å². The lowest BCUT2D eigenvalue weighted by Crippen LogP contribution is -2.42. The van der Waals surface area contributed by atoms with Crippen LogP contribution < -0.4 is 10.6 Å². The smallest absolute Gasteiger partial charge is 0.305 e. The predicted molar refractivity (Wildman–Crippen MR) is 71.2 cm³/mol. The van der Waals surface area contributed by atoms with Crippen LogP contribution in [0.2, 0.25) is 0 Å². The van der Waals surface area contributed by atoms with Crippen LogP contribution >= 0.6 is 0 Å². The van der Waals surface area contributed by atoms with Crippen LogP contribution in [0.15, 0.2) is 0 Å². The van der Waals surface area contributed by atoms with Crippen molar-refractivity contribution < 1.29 is 14.3 Å². The first-order valence-electron chi connectivity index (χ1n) is 6.78. The van der Waals surface area contributed by atoms with E-state index in [1.54, 1.807) is 6.92 Å². The van der Waals surface area contributed by atoms with Gasteiger partial charge in [-0.15, -0.1) is 0 Å². The molecule has 5 heteroatoms. The number of ether oxygens (including phenoxy) is 1. The zero-order valence-corrected chi connectivity index (χ0v) is 11.8. The maximum Gasteiger partial charge on any atom is 0.305 e. The number of amides is 1. The van der Waals surface area contributed by atoms with Gasteiger partial charge in [-0.1, -0.05) is 13.3 Å². The third kappa shape index (κ3) is 8.98. The van der Waals surface area contributed by atoms with Gasteiger partial charge in [0.1, 0.15) is 0 Å². The predicted octanol–water partition coefficient (Wildman–Crippen LogP) is 1.22. The molecule has 0 aromatic carbocycles. The number of carbonyl (C=O) groups excluding carboxylic acids is 2. The monoisotopic (exact) mass is 258 g/mol. The molecule has 0 saturated carbocycles. The largest absolute Gasteiger partial charge is 0.466 e. The molecule has 0 aromatic rings. The van der Waals surface area contributed by atoms with Gasteiger partial charge in [0.15, 0.2) is 0 Å². The van der Waals surface area contributed by atoms with Crippen LogP contribution in [0.5, 0.6) is 0 Å². The number of carbonyl (C=O) groups is 2. The van der Waals surface area contributed by atoms with E-state index in [1.807, 2.05) is 6.92 Å². The third-order valence-electron chi connectivity index (χ3n) is 2.54. The summed E-state index contributed by atoms with van der Waals surface area (Å²) in [7, 11) is 0. The molecule has 5 nitrogen and oxygen atoms in total. The van der Waals surface area contributed by atoms with E-state index in [-0.39, 0.29) is 17.9 Å². The quantitative estimate of drug-likeness (QED) is 0.457. The van der Waals surface area contributed by atoms with Crippen LogP contribution in [0, 0.1) is 0 Å². The first-order chi connectivity index (χ1) is 8.61. The maximum absolute atomic E-state index is 11.6. The van der Waals surface area contributed by atoms with Crippen molar-refractivity contribution in [1.82, 2.24) is 10.6 Å². The normalized spacial score (nSPS) is 11.9. The number of hydrogen-bond donors (Lipinski definition) is 2. The van der Waals surface area contributed by atoms with Gasteiger partial charge in [-0.05, 0) is 33.2 Å². The van der Waals surface area contributed by atoms with Crippen LogP contribution in [0.3, 0.4) is 0 Å². The Morgan fingerprint density at radius 3 is 2.50 bits per heavy atom. The Morgan fingerprint density at radius 2 is 1.89 bits per heavy atom. The fourth-order valence-corrected chi connectivity index (χ4v) is 1.42. The van der Waals surface area contributed by atoms with Gasteiger partial charge in [0.25, 0.3) is 0 Å². The molecule has 2 N–H and O–H groups in total. The molecule has 0 bridgehead atoms. The standard InChI is InChI=1S/C13H26N2O3/c1-4-6-9-15-13(17)11(3)14-10-7-8-12(16)18-5-2/h11,14H,4-10H2,1-3H3,(H,15,17). The number of rotatable bonds is 10. The third-order valence-corrected chi connectivity index (χ3v) is 2.54. The molecule has 1 amide bonds. The summed E-state index contributed by atoms with van der Waals surface area (Å²) in [6, 6.07) is -0.218. The lowest BCUT2D eigenvalue weighted by atomic mass is 10.2. The van der Waals surface area contributed by atoms with E-state index in [2.05, 4.69) is 17.6 Å².